The summed E-state index contributed by atoms with van der Waals surface area (Å²) in [5.41, 5.74) is -0.635. The molecule has 2 amide bonds. The van der Waals surface area contributed by atoms with Gasteiger partial charge in [-0.05, 0) is 20.3 Å². The Kier molecular flexibility index (Phi) is 3.31. The number of rotatable bonds is 4. The van der Waals surface area contributed by atoms with Crippen LogP contribution >= 0.6 is 0 Å². The number of aryl methyl sites for hydroxylation is 1. The maximum absolute atomic E-state index is 12.9. The van der Waals surface area contributed by atoms with Gasteiger partial charge in [0, 0.05) is 19.0 Å². The normalized spacial score (nSPS) is 34.0. The molecule has 0 aromatic carbocycles. The number of amides is 2. The Balaban J connectivity index is 1.34. The van der Waals surface area contributed by atoms with Crippen molar-refractivity contribution in [3.63, 3.8) is 0 Å². The lowest BCUT2D eigenvalue weighted by atomic mass is 9.77. The van der Waals surface area contributed by atoms with Crippen molar-refractivity contribution in [2.75, 3.05) is 6.54 Å². The summed E-state index contributed by atoms with van der Waals surface area (Å²) < 4.78 is 8.18. The minimum absolute atomic E-state index is 0.0235. The van der Waals surface area contributed by atoms with Gasteiger partial charge in [0.05, 0.1) is 31.0 Å². The third kappa shape index (κ3) is 2.05. The number of likely N-dealkylation sites (tertiary alicyclic amines) is 1. The Bertz CT molecular complexity index is 816. The van der Waals surface area contributed by atoms with Crippen LogP contribution in [0.2, 0.25) is 0 Å². The van der Waals surface area contributed by atoms with Gasteiger partial charge in [0.15, 0.2) is 5.82 Å². The molecule has 1 aromatic heterocycles. The number of hydrogen-bond acceptors (Lipinski definition) is 5. The van der Waals surface area contributed by atoms with Crippen LogP contribution in [-0.2, 0) is 33.8 Å². The molecule has 0 aliphatic carbocycles. The number of carbonyl (C=O) groups excluding carboxylic acids is 2. The first-order valence-electron chi connectivity index (χ1n) is 9.36. The van der Waals surface area contributed by atoms with Gasteiger partial charge in [-0.25, -0.2) is 0 Å². The third-order valence-electron chi connectivity index (χ3n) is 6.16. The van der Waals surface area contributed by atoms with Crippen LogP contribution in [0.5, 0.6) is 0 Å². The zero-order valence-electron chi connectivity index (χ0n) is 15.0. The van der Waals surface area contributed by atoms with Crippen molar-refractivity contribution in [3.8, 4) is 0 Å². The molecule has 8 nitrogen and oxygen atoms in total. The Hall–Kier alpha value is -2.22. The van der Waals surface area contributed by atoms with Crippen LogP contribution in [0, 0.1) is 11.8 Å². The molecule has 5 heterocycles. The Morgan fingerprint density at radius 3 is 3.12 bits per heavy atom. The zero-order chi connectivity index (χ0) is 18.1. The van der Waals surface area contributed by atoms with Crippen LogP contribution in [-0.4, -0.2) is 55.8 Å². The zero-order valence-corrected chi connectivity index (χ0v) is 15.0. The molecular weight excluding hydrogens is 334 g/mol. The van der Waals surface area contributed by atoms with Crippen LogP contribution in [0.3, 0.4) is 0 Å². The van der Waals surface area contributed by atoms with Gasteiger partial charge in [-0.3, -0.25) is 9.59 Å². The van der Waals surface area contributed by atoms with E-state index >= 15 is 0 Å². The molecule has 8 heteroatoms. The number of hydrogen-bond donors (Lipinski definition) is 1. The van der Waals surface area contributed by atoms with E-state index in [9.17, 15) is 9.59 Å². The van der Waals surface area contributed by atoms with Gasteiger partial charge in [-0.1, -0.05) is 12.2 Å². The third-order valence-corrected chi connectivity index (χ3v) is 6.16. The maximum Gasteiger partial charge on any atom is 0.230 e. The Labute approximate surface area is 151 Å². The van der Waals surface area contributed by atoms with Crippen LogP contribution in [0.4, 0.5) is 0 Å². The molecule has 4 aliphatic heterocycles. The number of fused-ring (bicyclic) bond motifs is 2. The van der Waals surface area contributed by atoms with E-state index in [4.69, 9.17) is 4.74 Å². The van der Waals surface area contributed by atoms with E-state index in [0.29, 0.717) is 13.1 Å². The van der Waals surface area contributed by atoms with Crippen molar-refractivity contribution in [1.82, 2.24) is 25.0 Å². The van der Waals surface area contributed by atoms with Crippen molar-refractivity contribution < 1.29 is 14.3 Å². The highest BCUT2D eigenvalue weighted by Gasteiger charge is 2.67. The van der Waals surface area contributed by atoms with Crippen LogP contribution in [0.25, 0.3) is 0 Å². The molecule has 138 valence electrons. The average molecular weight is 357 g/mol. The number of aromatic nitrogens is 3. The van der Waals surface area contributed by atoms with E-state index < -0.39 is 17.4 Å². The first-order valence-corrected chi connectivity index (χ1v) is 9.36. The van der Waals surface area contributed by atoms with Crippen molar-refractivity contribution in [2.45, 2.75) is 57.5 Å². The maximum atomic E-state index is 12.9. The Morgan fingerprint density at radius 2 is 2.31 bits per heavy atom. The summed E-state index contributed by atoms with van der Waals surface area (Å²) in [7, 11) is 0. The minimum atomic E-state index is -0.635. The molecule has 5 rings (SSSR count). The molecule has 2 saturated heterocycles. The topological polar surface area (TPSA) is 89.3 Å². The monoisotopic (exact) mass is 357 g/mol. The Morgan fingerprint density at radius 1 is 1.46 bits per heavy atom. The summed E-state index contributed by atoms with van der Waals surface area (Å²) in [6.45, 7) is 5.75. The second-order valence-electron chi connectivity index (χ2n) is 7.97. The molecule has 0 radical (unpaired) electrons. The van der Waals surface area contributed by atoms with Crippen LogP contribution in [0.15, 0.2) is 12.2 Å². The van der Waals surface area contributed by atoms with Gasteiger partial charge in [-0.15, -0.1) is 10.2 Å². The lowest BCUT2D eigenvalue weighted by Crippen LogP contribution is -2.44. The molecule has 0 unspecified atom stereocenters. The van der Waals surface area contributed by atoms with Crippen molar-refractivity contribution in [3.05, 3.63) is 23.8 Å². The molecule has 4 aliphatic rings. The van der Waals surface area contributed by atoms with E-state index in [-0.39, 0.29) is 24.0 Å². The summed E-state index contributed by atoms with van der Waals surface area (Å²) in [4.78, 5) is 27.7. The fraction of sp³-hybridized carbons (Fsp3) is 0.667. The van der Waals surface area contributed by atoms with E-state index in [1.807, 2.05) is 30.9 Å². The van der Waals surface area contributed by atoms with Crippen molar-refractivity contribution in [1.29, 1.82) is 0 Å². The molecule has 1 aromatic rings. The average Bonchev–Trinajstić information content (AvgIpc) is 3.37. The summed E-state index contributed by atoms with van der Waals surface area (Å²) in [6.07, 6.45) is 5.61. The molecule has 1 spiro atoms. The van der Waals surface area contributed by atoms with Crippen molar-refractivity contribution >= 4 is 11.8 Å². The van der Waals surface area contributed by atoms with Crippen LogP contribution < -0.4 is 5.32 Å². The lowest BCUT2D eigenvalue weighted by molar-refractivity contribution is -0.138. The van der Waals surface area contributed by atoms with Gasteiger partial charge in [0.1, 0.15) is 11.4 Å². The van der Waals surface area contributed by atoms with Gasteiger partial charge in [0.25, 0.3) is 0 Å². The summed E-state index contributed by atoms with van der Waals surface area (Å²) in [5, 5.41) is 11.3. The van der Waals surface area contributed by atoms with Gasteiger partial charge < -0.3 is 19.5 Å². The van der Waals surface area contributed by atoms with E-state index in [1.54, 1.807) is 0 Å². The first-order chi connectivity index (χ1) is 12.5. The minimum Gasteiger partial charge on any atom is -0.360 e. The van der Waals surface area contributed by atoms with E-state index in [2.05, 4.69) is 20.1 Å². The summed E-state index contributed by atoms with van der Waals surface area (Å²) in [5.74, 6) is 0.747. The van der Waals surface area contributed by atoms with Crippen LogP contribution in [0.1, 0.15) is 31.9 Å². The SMILES string of the molecule is CC(C)N1C[C@]23C=C[C@H](O2)[C@H](C(=O)NCc2nnc4n2CCC4)[C@@H]3C1=O. The second kappa shape index (κ2) is 5.39. The summed E-state index contributed by atoms with van der Waals surface area (Å²) in [6, 6.07) is 0.0980. The smallest absolute Gasteiger partial charge is 0.230 e. The van der Waals surface area contributed by atoms with Gasteiger partial charge in [0.2, 0.25) is 11.8 Å². The number of ether oxygens (including phenoxy) is 1. The highest BCUT2D eigenvalue weighted by atomic mass is 16.5. The number of nitrogens with one attached hydrogen (secondary N) is 1. The molecule has 0 saturated carbocycles. The second-order valence-corrected chi connectivity index (χ2v) is 7.97. The number of nitrogens with zero attached hydrogens (tertiary/aromatic N) is 4. The highest BCUT2D eigenvalue weighted by molar-refractivity contribution is 5.93. The molecule has 1 N–H and O–H groups in total. The predicted octanol–water partition coefficient (Wildman–Crippen LogP) is 0.0309. The quantitative estimate of drug-likeness (QED) is 0.768. The fourth-order valence-corrected chi connectivity index (χ4v) is 4.89. The molecule has 2 fully saturated rings. The standard InChI is InChI=1S/C18H23N5O3/c1-10(2)23-9-18-6-5-11(26-18)14(15(18)17(23)25)16(24)19-8-13-21-20-12-4-3-7-22(12)13/h5-6,10-11,14-15H,3-4,7-9H2,1-2H3,(H,19,24)/t11-,14-,15+,18-/m0/s1. The molecule has 26 heavy (non-hydrogen) atoms. The molecule has 4 atom stereocenters. The van der Waals surface area contributed by atoms with E-state index in [1.165, 1.54) is 0 Å². The largest absolute Gasteiger partial charge is 0.360 e. The first kappa shape index (κ1) is 16.0. The predicted molar refractivity (Wildman–Crippen MR) is 90.8 cm³/mol. The molecule has 2 bridgehead atoms. The van der Waals surface area contributed by atoms with Gasteiger partial charge >= 0.3 is 0 Å². The highest BCUT2D eigenvalue weighted by Crippen LogP contribution is 2.52. The lowest BCUT2D eigenvalue weighted by Gasteiger charge is -2.24. The van der Waals surface area contributed by atoms with Gasteiger partial charge in [-0.2, -0.15) is 0 Å². The fourth-order valence-electron chi connectivity index (χ4n) is 4.89. The van der Waals surface area contributed by atoms with Crippen molar-refractivity contribution in [2.24, 2.45) is 11.8 Å². The molecular formula is C18H23N5O3. The summed E-state index contributed by atoms with van der Waals surface area (Å²) >= 11 is 0. The van der Waals surface area contributed by atoms with E-state index in [0.717, 1.165) is 31.0 Å². The number of carbonyl (C=O) groups is 2.